The Labute approximate surface area is 111 Å². The van der Waals surface area contributed by atoms with Crippen molar-refractivity contribution in [3.8, 4) is 0 Å². The maximum absolute atomic E-state index is 12.0. The van der Waals surface area contributed by atoms with Gasteiger partial charge >= 0.3 is 0 Å². The molecule has 0 aliphatic carbocycles. The Morgan fingerprint density at radius 3 is 2.58 bits per heavy atom. The SMILES string of the molecule is Cc1ccc(C)c(N(N)C(=O)[C@@H](N)CC(=O)NN)c1. The van der Waals surface area contributed by atoms with E-state index in [9.17, 15) is 9.59 Å². The number of carbonyl (C=O) groups excluding carboxylic acids is 2. The lowest BCUT2D eigenvalue weighted by Crippen LogP contribution is -2.50. The molecule has 0 aromatic heterocycles. The molecule has 19 heavy (non-hydrogen) atoms. The number of carbonyl (C=O) groups is 2. The van der Waals surface area contributed by atoms with Gasteiger partial charge in [-0.2, -0.15) is 0 Å². The number of hydrogen-bond donors (Lipinski definition) is 4. The number of hydrazine groups is 2. The van der Waals surface area contributed by atoms with Crippen molar-refractivity contribution in [1.82, 2.24) is 5.43 Å². The summed E-state index contributed by atoms with van der Waals surface area (Å²) < 4.78 is 0. The highest BCUT2D eigenvalue weighted by molar-refractivity contribution is 5.98. The van der Waals surface area contributed by atoms with Crippen molar-refractivity contribution < 1.29 is 9.59 Å². The molecule has 0 saturated heterocycles. The Kier molecular flexibility index (Phi) is 4.99. The molecule has 1 aromatic carbocycles. The Balaban J connectivity index is 2.87. The van der Waals surface area contributed by atoms with Crippen molar-refractivity contribution in [2.24, 2.45) is 17.4 Å². The van der Waals surface area contributed by atoms with Crippen LogP contribution in [0.4, 0.5) is 5.69 Å². The molecule has 2 amide bonds. The van der Waals surface area contributed by atoms with Crippen LogP contribution in [-0.4, -0.2) is 17.9 Å². The molecule has 7 N–H and O–H groups in total. The predicted molar refractivity (Wildman–Crippen MR) is 72.5 cm³/mol. The number of rotatable bonds is 4. The van der Waals surface area contributed by atoms with Gasteiger partial charge in [0.15, 0.2) is 0 Å². The Hall–Kier alpha value is -1.96. The van der Waals surface area contributed by atoms with Crippen LogP contribution in [0, 0.1) is 13.8 Å². The van der Waals surface area contributed by atoms with Crippen LogP contribution in [0.15, 0.2) is 18.2 Å². The Morgan fingerprint density at radius 1 is 1.37 bits per heavy atom. The molecule has 0 aliphatic heterocycles. The van der Waals surface area contributed by atoms with E-state index in [-0.39, 0.29) is 6.42 Å². The van der Waals surface area contributed by atoms with Crippen molar-refractivity contribution in [1.29, 1.82) is 0 Å². The van der Waals surface area contributed by atoms with Gasteiger partial charge < -0.3 is 5.73 Å². The highest BCUT2D eigenvalue weighted by Gasteiger charge is 2.23. The van der Waals surface area contributed by atoms with E-state index in [4.69, 9.17) is 17.4 Å². The number of nitrogens with zero attached hydrogens (tertiary/aromatic N) is 1. The molecule has 0 heterocycles. The molecule has 0 radical (unpaired) electrons. The summed E-state index contributed by atoms with van der Waals surface area (Å²) in [6, 6.07) is 4.52. The second-order valence-electron chi connectivity index (χ2n) is 4.38. The maximum atomic E-state index is 12.0. The monoisotopic (exact) mass is 265 g/mol. The molecule has 0 fully saturated rings. The summed E-state index contributed by atoms with van der Waals surface area (Å²) in [5.41, 5.74) is 9.93. The van der Waals surface area contributed by atoms with Crippen LogP contribution in [0.25, 0.3) is 0 Å². The zero-order valence-corrected chi connectivity index (χ0v) is 11.0. The van der Waals surface area contributed by atoms with Gasteiger partial charge in [-0.15, -0.1) is 0 Å². The molecule has 7 heteroatoms. The number of anilines is 1. The summed E-state index contributed by atoms with van der Waals surface area (Å²) in [5.74, 6) is 9.65. The summed E-state index contributed by atoms with van der Waals surface area (Å²) >= 11 is 0. The summed E-state index contributed by atoms with van der Waals surface area (Å²) in [7, 11) is 0. The number of nitrogens with two attached hydrogens (primary N) is 3. The third kappa shape index (κ3) is 3.75. The smallest absolute Gasteiger partial charge is 0.258 e. The van der Waals surface area contributed by atoms with Gasteiger partial charge in [0.2, 0.25) is 5.91 Å². The largest absolute Gasteiger partial charge is 0.319 e. The lowest BCUT2D eigenvalue weighted by Gasteiger charge is -2.22. The minimum absolute atomic E-state index is 0.214. The van der Waals surface area contributed by atoms with Crippen LogP contribution < -0.4 is 27.9 Å². The van der Waals surface area contributed by atoms with Gasteiger partial charge in [-0.25, -0.2) is 16.7 Å². The minimum Gasteiger partial charge on any atom is -0.319 e. The van der Waals surface area contributed by atoms with Crippen molar-refractivity contribution in [3.63, 3.8) is 0 Å². The van der Waals surface area contributed by atoms with Gasteiger partial charge in [0.05, 0.1) is 18.2 Å². The van der Waals surface area contributed by atoms with Crippen molar-refractivity contribution in [3.05, 3.63) is 29.3 Å². The van der Waals surface area contributed by atoms with E-state index >= 15 is 0 Å². The molecule has 1 rings (SSSR count). The number of nitrogens with one attached hydrogen (secondary N) is 1. The van der Waals surface area contributed by atoms with Crippen LogP contribution >= 0.6 is 0 Å². The van der Waals surface area contributed by atoms with E-state index < -0.39 is 17.9 Å². The molecule has 1 aromatic rings. The quantitative estimate of drug-likeness (QED) is 0.322. The first-order valence-corrected chi connectivity index (χ1v) is 5.77. The minimum atomic E-state index is -1.03. The van der Waals surface area contributed by atoms with E-state index in [1.807, 2.05) is 31.4 Å². The summed E-state index contributed by atoms with van der Waals surface area (Å²) in [4.78, 5) is 23.1. The molecule has 104 valence electrons. The van der Waals surface area contributed by atoms with E-state index in [0.29, 0.717) is 5.69 Å². The first-order chi connectivity index (χ1) is 8.86. The Morgan fingerprint density at radius 2 is 2.00 bits per heavy atom. The van der Waals surface area contributed by atoms with Gasteiger partial charge in [0.25, 0.3) is 5.91 Å². The van der Waals surface area contributed by atoms with Gasteiger partial charge in [0, 0.05) is 0 Å². The summed E-state index contributed by atoms with van der Waals surface area (Å²) in [6.07, 6.45) is -0.214. The standard InChI is InChI=1S/C12H19N5O2/c1-7-3-4-8(2)10(5-7)17(15)12(19)9(13)6-11(18)16-14/h3-5,9H,6,13-15H2,1-2H3,(H,16,18)/t9-/m0/s1. The average molecular weight is 265 g/mol. The molecule has 0 saturated carbocycles. The van der Waals surface area contributed by atoms with E-state index in [2.05, 4.69) is 0 Å². The third-order valence-electron chi connectivity index (χ3n) is 2.75. The fourth-order valence-electron chi connectivity index (χ4n) is 1.62. The predicted octanol–water partition coefficient (Wildman–Crippen LogP) is -0.783. The lowest BCUT2D eigenvalue weighted by atomic mass is 10.1. The molecular weight excluding hydrogens is 246 g/mol. The van der Waals surface area contributed by atoms with Gasteiger partial charge in [-0.3, -0.25) is 15.0 Å². The summed E-state index contributed by atoms with van der Waals surface area (Å²) in [5, 5.41) is 0.969. The molecule has 1 atom stereocenters. The molecule has 0 aliphatic rings. The van der Waals surface area contributed by atoms with Gasteiger partial charge in [-0.05, 0) is 31.0 Å². The first kappa shape index (κ1) is 15.1. The van der Waals surface area contributed by atoms with Crippen molar-refractivity contribution >= 4 is 17.5 Å². The zero-order valence-electron chi connectivity index (χ0n) is 11.0. The first-order valence-electron chi connectivity index (χ1n) is 5.77. The topological polar surface area (TPSA) is 127 Å². The second-order valence-corrected chi connectivity index (χ2v) is 4.38. The third-order valence-corrected chi connectivity index (χ3v) is 2.75. The molecule has 7 nitrogen and oxygen atoms in total. The number of benzene rings is 1. The number of hydrogen-bond acceptors (Lipinski definition) is 5. The summed E-state index contributed by atoms with van der Waals surface area (Å²) in [6.45, 7) is 3.73. The van der Waals surface area contributed by atoms with Crippen LogP contribution in [0.3, 0.4) is 0 Å². The lowest BCUT2D eigenvalue weighted by molar-refractivity contribution is -0.126. The van der Waals surface area contributed by atoms with E-state index in [0.717, 1.165) is 16.1 Å². The van der Waals surface area contributed by atoms with Crippen LogP contribution in [0.1, 0.15) is 17.5 Å². The van der Waals surface area contributed by atoms with E-state index in [1.54, 1.807) is 6.07 Å². The fourth-order valence-corrected chi connectivity index (χ4v) is 1.62. The zero-order chi connectivity index (χ0) is 14.6. The van der Waals surface area contributed by atoms with Gasteiger partial charge in [-0.1, -0.05) is 12.1 Å². The normalized spacial score (nSPS) is 11.8. The number of amides is 2. The van der Waals surface area contributed by atoms with Crippen molar-refractivity contribution in [2.45, 2.75) is 26.3 Å². The molecule has 0 unspecified atom stereocenters. The van der Waals surface area contributed by atoms with Gasteiger partial charge in [0.1, 0.15) is 0 Å². The van der Waals surface area contributed by atoms with Crippen molar-refractivity contribution in [2.75, 3.05) is 5.01 Å². The molecule has 0 bridgehead atoms. The molecule has 0 spiro atoms. The highest BCUT2D eigenvalue weighted by Crippen LogP contribution is 2.19. The molecular formula is C12H19N5O2. The number of aryl methyl sites for hydroxylation is 2. The average Bonchev–Trinajstić information content (AvgIpc) is 2.39. The second kappa shape index (κ2) is 6.28. The van der Waals surface area contributed by atoms with Crippen LogP contribution in [-0.2, 0) is 9.59 Å². The highest BCUT2D eigenvalue weighted by atomic mass is 16.2. The Bertz CT molecular complexity index is 489. The van der Waals surface area contributed by atoms with Crippen LogP contribution in [0.2, 0.25) is 0 Å². The maximum Gasteiger partial charge on any atom is 0.258 e. The van der Waals surface area contributed by atoms with E-state index in [1.165, 1.54) is 0 Å². The van der Waals surface area contributed by atoms with Crippen LogP contribution in [0.5, 0.6) is 0 Å². The fraction of sp³-hybridized carbons (Fsp3) is 0.333.